The summed E-state index contributed by atoms with van der Waals surface area (Å²) in [6.45, 7) is 5.72. The van der Waals surface area contributed by atoms with Gasteiger partial charge in [0, 0.05) is 6.04 Å². The fourth-order valence-corrected chi connectivity index (χ4v) is 4.12. The Balaban J connectivity index is 1.89. The largest absolute Gasteiger partial charge is 0.465 e. The first-order chi connectivity index (χ1) is 11.9. The Morgan fingerprint density at radius 3 is 2.40 bits per heavy atom. The number of aryl methyl sites for hydroxylation is 1. The third-order valence-electron chi connectivity index (χ3n) is 3.81. The number of sulfonamides is 1. The van der Waals surface area contributed by atoms with Gasteiger partial charge < -0.3 is 4.42 Å². The number of nitrogens with zero attached hydrogens (tertiary/aromatic N) is 4. The zero-order valence-electron chi connectivity index (χ0n) is 14.3. The summed E-state index contributed by atoms with van der Waals surface area (Å²) in [5.41, 5.74) is 0.745. The number of hydrogen-bond donors (Lipinski definition) is 0. The van der Waals surface area contributed by atoms with Crippen LogP contribution in [0.2, 0.25) is 0 Å². The van der Waals surface area contributed by atoms with Gasteiger partial charge in [0.15, 0.2) is 0 Å². The van der Waals surface area contributed by atoms with Crippen molar-refractivity contribution in [3.63, 3.8) is 0 Å². The van der Waals surface area contributed by atoms with Crippen molar-refractivity contribution in [2.45, 2.75) is 38.3 Å². The number of aromatic nitrogens is 3. The fourth-order valence-electron chi connectivity index (χ4n) is 2.52. The monoisotopic (exact) mass is 360 g/mol. The van der Waals surface area contributed by atoms with Crippen molar-refractivity contribution in [1.29, 1.82) is 0 Å². The van der Waals surface area contributed by atoms with Gasteiger partial charge in [0.2, 0.25) is 10.0 Å². The van der Waals surface area contributed by atoms with Crippen molar-refractivity contribution < 1.29 is 12.8 Å². The summed E-state index contributed by atoms with van der Waals surface area (Å²) in [4.78, 5) is 0.230. The van der Waals surface area contributed by atoms with E-state index < -0.39 is 10.0 Å². The molecular weight excluding hydrogens is 340 g/mol. The lowest BCUT2D eigenvalue weighted by molar-refractivity contribution is 0.314. The maximum atomic E-state index is 13.0. The lowest BCUT2D eigenvalue weighted by atomic mass is 10.3. The van der Waals surface area contributed by atoms with Crippen molar-refractivity contribution in [3.8, 4) is 5.69 Å². The minimum absolute atomic E-state index is 0.193. The molecule has 8 heteroatoms. The van der Waals surface area contributed by atoms with Gasteiger partial charge in [-0.05, 0) is 57.2 Å². The molecule has 2 aromatic heterocycles. The van der Waals surface area contributed by atoms with Gasteiger partial charge in [-0.3, -0.25) is 0 Å². The molecular formula is C17H20N4O3S. The van der Waals surface area contributed by atoms with Crippen molar-refractivity contribution in [2.75, 3.05) is 0 Å². The first-order valence-electron chi connectivity index (χ1n) is 7.92. The van der Waals surface area contributed by atoms with E-state index in [-0.39, 0.29) is 17.5 Å². The van der Waals surface area contributed by atoms with Crippen LogP contribution in [0.3, 0.4) is 0 Å². The van der Waals surface area contributed by atoms with Crippen LogP contribution in [0.5, 0.6) is 0 Å². The third kappa shape index (κ3) is 3.64. The first-order valence-corrected chi connectivity index (χ1v) is 9.36. The topological polar surface area (TPSA) is 81.2 Å². The molecule has 3 aromatic rings. The van der Waals surface area contributed by atoms with Crippen molar-refractivity contribution in [1.82, 2.24) is 19.3 Å². The zero-order chi connectivity index (χ0) is 18.0. The molecule has 0 aliphatic carbocycles. The molecule has 2 heterocycles. The highest BCUT2D eigenvalue weighted by molar-refractivity contribution is 7.89. The predicted molar refractivity (Wildman–Crippen MR) is 92.7 cm³/mol. The van der Waals surface area contributed by atoms with Crippen LogP contribution in [0, 0.1) is 6.92 Å². The van der Waals surface area contributed by atoms with Crippen LogP contribution in [-0.2, 0) is 16.6 Å². The standard InChI is InChI=1S/C17H20N4O3S/c1-13(2)21(12-16-7-4-14(3)24-16)25(22,23)17-8-5-15(6-9-17)20-11-10-18-19-20/h4-11,13H,12H2,1-3H3. The Morgan fingerprint density at radius 2 is 1.88 bits per heavy atom. The molecule has 0 amide bonds. The fraction of sp³-hybridized carbons (Fsp3) is 0.294. The van der Waals surface area contributed by atoms with E-state index in [0.717, 1.165) is 11.4 Å². The molecule has 0 fully saturated rings. The van der Waals surface area contributed by atoms with Crippen LogP contribution in [0.25, 0.3) is 5.69 Å². The lowest BCUT2D eigenvalue weighted by Gasteiger charge is -2.25. The summed E-state index contributed by atoms with van der Waals surface area (Å²) in [7, 11) is -3.65. The van der Waals surface area contributed by atoms with E-state index >= 15 is 0 Å². The Hall–Kier alpha value is -2.45. The molecule has 7 nitrogen and oxygen atoms in total. The van der Waals surface area contributed by atoms with Gasteiger partial charge in [-0.25, -0.2) is 13.1 Å². The molecule has 0 spiro atoms. The summed E-state index contributed by atoms with van der Waals surface area (Å²) in [6, 6.07) is 9.99. The first kappa shape index (κ1) is 17.4. The van der Waals surface area contributed by atoms with Crippen LogP contribution in [0.4, 0.5) is 0 Å². The average molecular weight is 360 g/mol. The van der Waals surface area contributed by atoms with E-state index in [1.807, 2.05) is 26.8 Å². The van der Waals surface area contributed by atoms with Gasteiger partial charge in [0.1, 0.15) is 11.5 Å². The maximum Gasteiger partial charge on any atom is 0.243 e. The van der Waals surface area contributed by atoms with Gasteiger partial charge in [-0.15, -0.1) is 5.10 Å². The van der Waals surface area contributed by atoms with Crippen molar-refractivity contribution >= 4 is 10.0 Å². The summed E-state index contributed by atoms with van der Waals surface area (Å²) in [5.74, 6) is 1.38. The van der Waals surface area contributed by atoms with Crippen LogP contribution < -0.4 is 0 Å². The summed E-state index contributed by atoms with van der Waals surface area (Å²) in [6.07, 6.45) is 3.26. The minimum Gasteiger partial charge on any atom is -0.465 e. The molecule has 132 valence electrons. The van der Waals surface area contributed by atoms with Crippen LogP contribution in [0.15, 0.2) is 58.1 Å². The number of hydrogen-bond acceptors (Lipinski definition) is 5. The Labute approximate surface area is 146 Å². The van der Waals surface area contributed by atoms with E-state index in [0.29, 0.717) is 5.76 Å². The normalized spacial score (nSPS) is 12.2. The van der Waals surface area contributed by atoms with E-state index in [1.54, 1.807) is 47.4 Å². The number of benzene rings is 1. The van der Waals surface area contributed by atoms with Gasteiger partial charge in [-0.1, -0.05) is 5.21 Å². The highest BCUT2D eigenvalue weighted by Gasteiger charge is 2.28. The van der Waals surface area contributed by atoms with Gasteiger partial charge >= 0.3 is 0 Å². The lowest BCUT2D eigenvalue weighted by Crippen LogP contribution is -2.36. The molecule has 0 aliphatic heterocycles. The minimum atomic E-state index is -3.65. The molecule has 25 heavy (non-hydrogen) atoms. The molecule has 0 unspecified atom stereocenters. The molecule has 0 atom stereocenters. The molecule has 0 N–H and O–H groups in total. The molecule has 3 rings (SSSR count). The van der Waals surface area contributed by atoms with Crippen LogP contribution in [-0.4, -0.2) is 33.8 Å². The second kappa shape index (κ2) is 6.81. The van der Waals surface area contributed by atoms with E-state index in [4.69, 9.17) is 4.42 Å². The molecule has 0 saturated carbocycles. The molecule has 0 aliphatic rings. The second-order valence-corrected chi connectivity index (χ2v) is 7.89. The SMILES string of the molecule is Cc1ccc(CN(C(C)C)S(=O)(=O)c2ccc(-n3ccnn3)cc2)o1. The molecule has 1 aromatic carbocycles. The summed E-state index contributed by atoms with van der Waals surface area (Å²) >= 11 is 0. The number of rotatable bonds is 6. The molecule has 0 saturated heterocycles. The predicted octanol–water partition coefficient (Wildman–Crippen LogP) is 2.77. The van der Waals surface area contributed by atoms with E-state index in [1.165, 1.54) is 4.31 Å². The maximum absolute atomic E-state index is 13.0. The third-order valence-corrected chi connectivity index (χ3v) is 5.85. The van der Waals surface area contributed by atoms with E-state index in [2.05, 4.69) is 10.3 Å². The number of furan rings is 1. The van der Waals surface area contributed by atoms with Gasteiger partial charge in [0.05, 0.1) is 29.5 Å². The van der Waals surface area contributed by atoms with Crippen molar-refractivity contribution in [3.05, 3.63) is 60.3 Å². The van der Waals surface area contributed by atoms with Gasteiger partial charge in [-0.2, -0.15) is 4.31 Å². The summed E-state index contributed by atoms with van der Waals surface area (Å²) < 4.78 is 34.6. The quantitative estimate of drug-likeness (QED) is 0.675. The Morgan fingerprint density at radius 1 is 1.16 bits per heavy atom. The highest BCUT2D eigenvalue weighted by atomic mass is 32.2. The average Bonchev–Trinajstić information content (AvgIpc) is 3.24. The molecule has 0 radical (unpaired) electrons. The molecule has 0 bridgehead atoms. The Bertz CT molecular complexity index is 929. The Kier molecular flexibility index (Phi) is 4.73. The second-order valence-electron chi connectivity index (χ2n) is 6.00. The van der Waals surface area contributed by atoms with Crippen molar-refractivity contribution in [2.24, 2.45) is 0 Å². The van der Waals surface area contributed by atoms with Crippen LogP contribution in [0.1, 0.15) is 25.4 Å². The van der Waals surface area contributed by atoms with E-state index in [9.17, 15) is 8.42 Å². The van der Waals surface area contributed by atoms with Gasteiger partial charge in [0.25, 0.3) is 0 Å². The highest BCUT2D eigenvalue weighted by Crippen LogP contribution is 2.23. The summed E-state index contributed by atoms with van der Waals surface area (Å²) in [5, 5.41) is 7.64. The van der Waals surface area contributed by atoms with Crippen LogP contribution >= 0.6 is 0 Å². The smallest absolute Gasteiger partial charge is 0.243 e. The zero-order valence-corrected chi connectivity index (χ0v) is 15.1.